The zero-order chi connectivity index (χ0) is 14.3. The highest BCUT2D eigenvalue weighted by Crippen LogP contribution is 2.31. The normalized spacial score (nSPS) is 26.6. The first-order chi connectivity index (χ1) is 9.56. The highest BCUT2D eigenvalue weighted by atomic mass is 19.1. The molecule has 0 amide bonds. The summed E-state index contributed by atoms with van der Waals surface area (Å²) in [5.74, 6) is -1.87. The predicted octanol–water partition coefficient (Wildman–Crippen LogP) is 2.20. The van der Waals surface area contributed by atoms with Gasteiger partial charge in [-0.25, -0.2) is 9.18 Å². The zero-order valence-corrected chi connectivity index (χ0v) is 11.6. The highest BCUT2D eigenvalue weighted by molar-refractivity contribution is 5.88. The van der Waals surface area contributed by atoms with E-state index in [-0.39, 0.29) is 5.56 Å². The van der Waals surface area contributed by atoms with Gasteiger partial charge in [0.25, 0.3) is 0 Å². The Balaban J connectivity index is 1.83. The topological polar surface area (TPSA) is 43.8 Å². The first-order valence-electron chi connectivity index (χ1n) is 7.06. The number of carboxylic acid groups (broad SMARTS) is 1. The number of anilines is 1. The van der Waals surface area contributed by atoms with Crippen molar-refractivity contribution in [3.05, 3.63) is 29.6 Å². The molecule has 2 unspecified atom stereocenters. The molecule has 0 saturated carbocycles. The predicted molar refractivity (Wildman–Crippen MR) is 74.8 cm³/mol. The number of hydrogen-bond donors (Lipinski definition) is 1. The van der Waals surface area contributed by atoms with Gasteiger partial charge in [0, 0.05) is 30.9 Å². The minimum atomic E-state index is -1.22. The van der Waals surface area contributed by atoms with Gasteiger partial charge in [0.1, 0.15) is 5.82 Å². The zero-order valence-electron chi connectivity index (χ0n) is 11.6. The Morgan fingerprint density at radius 3 is 2.75 bits per heavy atom. The van der Waals surface area contributed by atoms with Crippen molar-refractivity contribution in [3.63, 3.8) is 0 Å². The molecule has 20 heavy (non-hydrogen) atoms. The molecule has 2 saturated heterocycles. The third-order valence-corrected chi connectivity index (χ3v) is 4.70. The van der Waals surface area contributed by atoms with E-state index in [1.807, 2.05) is 0 Å². The van der Waals surface area contributed by atoms with Crippen LogP contribution in [0.25, 0.3) is 0 Å². The van der Waals surface area contributed by atoms with E-state index in [1.54, 1.807) is 6.07 Å². The average Bonchev–Trinajstić information content (AvgIpc) is 2.62. The van der Waals surface area contributed by atoms with Crippen LogP contribution in [-0.2, 0) is 0 Å². The molecular weight excluding hydrogens is 259 g/mol. The molecular formula is C15H19FN2O2. The highest BCUT2D eigenvalue weighted by Gasteiger charge is 2.34. The van der Waals surface area contributed by atoms with Gasteiger partial charge in [0.15, 0.2) is 0 Å². The van der Waals surface area contributed by atoms with Crippen molar-refractivity contribution in [2.75, 3.05) is 25.0 Å². The van der Waals surface area contributed by atoms with Crippen molar-refractivity contribution in [2.45, 2.75) is 31.3 Å². The van der Waals surface area contributed by atoms with Gasteiger partial charge in [-0.05, 0) is 44.5 Å². The lowest BCUT2D eigenvalue weighted by molar-refractivity contribution is 0.0692. The van der Waals surface area contributed by atoms with E-state index in [2.05, 4.69) is 16.8 Å². The molecule has 2 bridgehead atoms. The van der Waals surface area contributed by atoms with Crippen LogP contribution in [-0.4, -0.2) is 48.2 Å². The van der Waals surface area contributed by atoms with Crippen LogP contribution in [0.5, 0.6) is 0 Å². The molecule has 2 atom stereocenters. The van der Waals surface area contributed by atoms with Crippen molar-refractivity contribution in [2.24, 2.45) is 0 Å². The van der Waals surface area contributed by atoms with E-state index < -0.39 is 11.8 Å². The summed E-state index contributed by atoms with van der Waals surface area (Å²) in [7, 11) is 2.17. The van der Waals surface area contributed by atoms with Gasteiger partial charge in [0.05, 0.1) is 5.56 Å². The van der Waals surface area contributed by atoms with E-state index in [0.29, 0.717) is 12.1 Å². The second-order valence-electron chi connectivity index (χ2n) is 5.75. The molecule has 1 aromatic rings. The molecule has 0 radical (unpaired) electrons. The molecule has 1 aromatic carbocycles. The lowest BCUT2D eigenvalue weighted by Crippen LogP contribution is -2.36. The van der Waals surface area contributed by atoms with Crippen molar-refractivity contribution in [1.82, 2.24) is 4.90 Å². The molecule has 2 aliphatic rings. The van der Waals surface area contributed by atoms with Gasteiger partial charge in [0.2, 0.25) is 0 Å². The maximum Gasteiger partial charge on any atom is 0.338 e. The molecule has 0 spiro atoms. The Hall–Kier alpha value is -1.62. The molecule has 108 valence electrons. The lowest BCUT2D eigenvalue weighted by Gasteiger charge is -2.27. The van der Waals surface area contributed by atoms with Crippen LogP contribution in [0, 0.1) is 5.82 Å². The van der Waals surface area contributed by atoms with Gasteiger partial charge in [-0.3, -0.25) is 4.90 Å². The molecule has 5 heteroatoms. The Labute approximate surface area is 117 Å². The van der Waals surface area contributed by atoms with E-state index in [9.17, 15) is 9.18 Å². The molecule has 0 aromatic heterocycles. The monoisotopic (exact) mass is 278 g/mol. The fourth-order valence-electron chi connectivity index (χ4n) is 3.42. The van der Waals surface area contributed by atoms with Crippen molar-refractivity contribution < 1.29 is 14.3 Å². The maximum absolute atomic E-state index is 13.8. The first-order valence-corrected chi connectivity index (χ1v) is 7.06. The summed E-state index contributed by atoms with van der Waals surface area (Å²) in [6, 6.07) is 5.58. The van der Waals surface area contributed by atoms with Gasteiger partial charge < -0.3 is 10.0 Å². The summed E-state index contributed by atoms with van der Waals surface area (Å²) in [4.78, 5) is 15.5. The molecule has 3 rings (SSSR count). The number of halogens is 1. The Morgan fingerprint density at radius 1 is 1.30 bits per heavy atom. The number of aromatic carboxylic acids is 1. The van der Waals surface area contributed by atoms with Crippen LogP contribution in [0.4, 0.5) is 10.1 Å². The number of carboxylic acids is 1. The SMILES string of the molecule is CN1C2CCC1CN(c1ccc(C(=O)O)c(F)c1)CC2. The number of rotatable bonds is 2. The number of likely N-dealkylation sites (N-methyl/N-ethyl adjacent to an activating group) is 1. The van der Waals surface area contributed by atoms with Gasteiger partial charge in [-0.1, -0.05) is 0 Å². The van der Waals surface area contributed by atoms with Crippen molar-refractivity contribution in [1.29, 1.82) is 0 Å². The number of benzene rings is 1. The number of hydrogen-bond acceptors (Lipinski definition) is 3. The molecule has 2 heterocycles. The van der Waals surface area contributed by atoms with Gasteiger partial charge in [-0.2, -0.15) is 0 Å². The van der Waals surface area contributed by atoms with Crippen molar-refractivity contribution in [3.8, 4) is 0 Å². The summed E-state index contributed by atoms with van der Waals surface area (Å²) in [6.45, 7) is 1.79. The smallest absolute Gasteiger partial charge is 0.338 e. The molecule has 0 aliphatic carbocycles. The maximum atomic E-state index is 13.8. The minimum Gasteiger partial charge on any atom is -0.478 e. The molecule has 4 nitrogen and oxygen atoms in total. The third-order valence-electron chi connectivity index (χ3n) is 4.70. The minimum absolute atomic E-state index is 0.262. The summed E-state index contributed by atoms with van der Waals surface area (Å²) >= 11 is 0. The van der Waals surface area contributed by atoms with Gasteiger partial charge >= 0.3 is 5.97 Å². The van der Waals surface area contributed by atoms with E-state index in [4.69, 9.17) is 5.11 Å². The van der Waals surface area contributed by atoms with Crippen LogP contribution < -0.4 is 4.90 Å². The summed E-state index contributed by atoms with van der Waals surface area (Å²) in [5, 5.41) is 8.87. The Morgan fingerprint density at radius 2 is 2.05 bits per heavy atom. The lowest BCUT2D eigenvalue weighted by atomic mass is 10.1. The number of fused-ring (bicyclic) bond motifs is 2. The Bertz CT molecular complexity index is 535. The van der Waals surface area contributed by atoms with E-state index >= 15 is 0 Å². The molecule has 2 aliphatic heterocycles. The number of carbonyl (C=O) groups is 1. The Kier molecular flexibility index (Phi) is 3.38. The summed E-state index contributed by atoms with van der Waals surface area (Å²) in [5.41, 5.74) is 0.524. The van der Waals surface area contributed by atoms with Crippen LogP contribution in [0.15, 0.2) is 18.2 Å². The van der Waals surface area contributed by atoms with E-state index in [1.165, 1.54) is 25.0 Å². The quantitative estimate of drug-likeness (QED) is 0.900. The fraction of sp³-hybridized carbons (Fsp3) is 0.533. The standard InChI is InChI=1S/C15H19FN2O2/c1-17-10-2-3-12(17)9-18(7-6-10)11-4-5-13(15(19)20)14(16)8-11/h4-5,8,10,12H,2-3,6-7,9H2,1H3,(H,19,20). The number of nitrogens with zero attached hydrogens (tertiary/aromatic N) is 2. The largest absolute Gasteiger partial charge is 0.478 e. The van der Waals surface area contributed by atoms with Crippen LogP contribution in [0.3, 0.4) is 0 Å². The first kappa shape index (κ1) is 13.4. The van der Waals surface area contributed by atoms with Gasteiger partial charge in [-0.15, -0.1) is 0 Å². The second kappa shape index (κ2) is 5.05. The average molecular weight is 278 g/mol. The molecule has 1 N–H and O–H groups in total. The summed E-state index contributed by atoms with van der Waals surface area (Å²) < 4.78 is 13.8. The van der Waals surface area contributed by atoms with Crippen molar-refractivity contribution >= 4 is 11.7 Å². The fourth-order valence-corrected chi connectivity index (χ4v) is 3.42. The third kappa shape index (κ3) is 2.26. The summed E-state index contributed by atoms with van der Waals surface area (Å²) in [6.07, 6.45) is 3.52. The van der Waals surface area contributed by atoms with E-state index in [0.717, 1.165) is 25.2 Å². The van der Waals surface area contributed by atoms with Crippen LogP contribution >= 0.6 is 0 Å². The molecule has 2 fully saturated rings. The van der Waals surface area contributed by atoms with Crippen LogP contribution in [0.1, 0.15) is 29.6 Å². The second-order valence-corrected chi connectivity index (χ2v) is 5.75. The van der Waals surface area contributed by atoms with Crippen LogP contribution in [0.2, 0.25) is 0 Å².